The highest BCUT2D eigenvalue weighted by molar-refractivity contribution is 7.91. The number of anilines is 1. The number of sulfone groups is 1. The third kappa shape index (κ3) is 5.84. The lowest BCUT2D eigenvalue weighted by Crippen LogP contribution is -2.12. The average molecular weight is 546 g/mol. The third-order valence-electron chi connectivity index (χ3n) is 5.20. The number of aryl methyl sites for hydroxylation is 1. The van der Waals surface area contributed by atoms with Crippen molar-refractivity contribution in [2.45, 2.75) is 23.3 Å². The van der Waals surface area contributed by atoms with E-state index in [-0.39, 0.29) is 33.6 Å². The van der Waals surface area contributed by atoms with Gasteiger partial charge in [0.2, 0.25) is 9.84 Å². The van der Waals surface area contributed by atoms with Crippen molar-refractivity contribution < 1.29 is 27.1 Å². The Morgan fingerprint density at radius 2 is 1.67 bits per heavy atom. The molecular weight excluding hydrogens is 525 g/mol. The van der Waals surface area contributed by atoms with Gasteiger partial charge >= 0.3 is 0 Å². The maximum atomic E-state index is 13.1. The minimum absolute atomic E-state index is 0.0332. The molecule has 0 saturated carbocycles. The molecule has 1 amide bonds. The lowest BCUT2D eigenvalue weighted by atomic mass is 10.2. The lowest BCUT2D eigenvalue weighted by Gasteiger charge is -2.11. The SMILES string of the molecule is COc1cc(NC(=O)c2ccc(COc3ccc(Cl)c(C)c3)o2)cc(S(=O)(=O)c2ccc(Cl)cc2)c1. The maximum Gasteiger partial charge on any atom is 0.291 e. The van der Waals surface area contributed by atoms with Crippen molar-refractivity contribution in [1.82, 2.24) is 0 Å². The zero-order valence-corrected chi connectivity index (χ0v) is 21.6. The molecule has 3 aromatic carbocycles. The molecular formula is C26H21Cl2NO6S. The molecule has 10 heteroatoms. The minimum Gasteiger partial charge on any atom is -0.497 e. The van der Waals surface area contributed by atoms with Crippen LogP contribution in [0.15, 0.2) is 87.0 Å². The normalized spacial score (nSPS) is 11.2. The molecule has 7 nitrogen and oxygen atoms in total. The number of carbonyl (C=O) groups excluding carboxylic acids is 1. The second kappa shape index (κ2) is 10.7. The van der Waals surface area contributed by atoms with Gasteiger partial charge in [0.25, 0.3) is 5.91 Å². The summed E-state index contributed by atoms with van der Waals surface area (Å²) in [5.41, 5.74) is 1.10. The van der Waals surface area contributed by atoms with Crippen LogP contribution in [-0.2, 0) is 16.4 Å². The molecule has 0 aliphatic carbocycles. The molecule has 0 spiro atoms. The molecule has 4 aromatic rings. The first-order valence-electron chi connectivity index (χ1n) is 10.6. The van der Waals surface area contributed by atoms with Crippen LogP contribution in [0.3, 0.4) is 0 Å². The van der Waals surface area contributed by atoms with Crippen LogP contribution < -0.4 is 14.8 Å². The molecule has 0 fully saturated rings. The highest BCUT2D eigenvalue weighted by Crippen LogP contribution is 2.29. The zero-order chi connectivity index (χ0) is 25.9. The first kappa shape index (κ1) is 25.6. The topological polar surface area (TPSA) is 94.8 Å². The highest BCUT2D eigenvalue weighted by atomic mass is 35.5. The first-order valence-corrected chi connectivity index (χ1v) is 12.9. The second-order valence-corrected chi connectivity index (χ2v) is 10.6. The Hall–Kier alpha value is -3.46. The molecule has 0 aliphatic heterocycles. The Labute approximate surface area is 218 Å². The van der Waals surface area contributed by atoms with E-state index in [4.69, 9.17) is 37.1 Å². The summed E-state index contributed by atoms with van der Waals surface area (Å²) in [6.07, 6.45) is 0. The number of hydrogen-bond donors (Lipinski definition) is 1. The van der Waals surface area contributed by atoms with E-state index in [1.165, 1.54) is 55.6 Å². The van der Waals surface area contributed by atoms with Gasteiger partial charge in [-0.1, -0.05) is 23.2 Å². The van der Waals surface area contributed by atoms with E-state index in [9.17, 15) is 13.2 Å². The summed E-state index contributed by atoms with van der Waals surface area (Å²) in [6.45, 7) is 1.98. The van der Waals surface area contributed by atoms with Gasteiger partial charge in [-0.05, 0) is 79.2 Å². The van der Waals surface area contributed by atoms with E-state index in [1.807, 2.05) is 6.92 Å². The van der Waals surface area contributed by atoms with Crippen LogP contribution in [0.4, 0.5) is 5.69 Å². The molecule has 4 rings (SSSR count). The van der Waals surface area contributed by atoms with E-state index in [0.29, 0.717) is 21.6 Å². The number of nitrogens with one attached hydrogen (secondary N) is 1. The summed E-state index contributed by atoms with van der Waals surface area (Å²) in [7, 11) is -2.48. The fourth-order valence-corrected chi connectivity index (χ4v) is 4.86. The molecule has 1 aromatic heterocycles. The van der Waals surface area contributed by atoms with Crippen molar-refractivity contribution in [2.24, 2.45) is 0 Å². The quantitative estimate of drug-likeness (QED) is 0.269. The van der Waals surface area contributed by atoms with Gasteiger partial charge in [-0.25, -0.2) is 8.42 Å². The molecule has 0 bridgehead atoms. The molecule has 36 heavy (non-hydrogen) atoms. The van der Waals surface area contributed by atoms with Gasteiger partial charge in [0.1, 0.15) is 23.9 Å². The third-order valence-corrected chi connectivity index (χ3v) is 7.63. The summed E-state index contributed by atoms with van der Waals surface area (Å²) in [6, 6.07) is 18.4. The van der Waals surface area contributed by atoms with E-state index in [0.717, 1.165) is 5.56 Å². The van der Waals surface area contributed by atoms with Gasteiger partial charge < -0.3 is 19.2 Å². The summed E-state index contributed by atoms with van der Waals surface area (Å²) >= 11 is 11.9. The van der Waals surface area contributed by atoms with Gasteiger partial charge in [0, 0.05) is 21.8 Å². The van der Waals surface area contributed by atoms with Crippen molar-refractivity contribution in [3.8, 4) is 11.5 Å². The van der Waals surface area contributed by atoms with Gasteiger partial charge in [-0.15, -0.1) is 0 Å². The van der Waals surface area contributed by atoms with Gasteiger partial charge in [-0.2, -0.15) is 0 Å². The number of benzene rings is 3. The number of carbonyl (C=O) groups is 1. The predicted molar refractivity (Wildman–Crippen MR) is 137 cm³/mol. The van der Waals surface area contributed by atoms with Crippen LogP contribution in [0.2, 0.25) is 10.0 Å². The Morgan fingerprint density at radius 1 is 0.917 bits per heavy atom. The zero-order valence-electron chi connectivity index (χ0n) is 19.2. The van der Waals surface area contributed by atoms with Crippen LogP contribution in [0.25, 0.3) is 0 Å². The number of methoxy groups -OCH3 is 1. The smallest absolute Gasteiger partial charge is 0.291 e. The van der Waals surface area contributed by atoms with E-state index < -0.39 is 15.7 Å². The summed E-state index contributed by atoms with van der Waals surface area (Å²) < 4.78 is 42.7. The molecule has 1 N–H and O–H groups in total. The lowest BCUT2D eigenvalue weighted by molar-refractivity contribution is 0.0992. The molecule has 1 heterocycles. The van der Waals surface area contributed by atoms with Crippen molar-refractivity contribution in [3.05, 3.63) is 99.9 Å². The number of hydrogen-bond acceptors (Lipinski definition) is 6. The first-order chi connectivity index (χ1) is 17.2. The number of furan rings is 1. The van der Waals surface area contributed by atoms with E-state index >= 15 is 0 Å². The minimum atomic E-state index is -3.88. The highest BCUT2D eigenvalue weighted by Gasteiger charge is 2.21. The van der Waals surface area contributed by atoms with Gasteiger partial charge in [0.05, 0.1) is 16.9 Å². The summed E-state index contributed by atoms with van der Waals surface area (Å²) in [4.78, 5) is 12.8. The van der Waals surface area contributed by atoms with Crippen molar-refractivity contribution in [1.29, 1.82) is 0 Å². The fraction of sp³-hybridized carbons (Fsp3) is 0.115. The van der Waals surface area contributed by atoms with Crippen LogP contribution in [-0.4, -0.2) is 21.4 Å². The molecule has 186 valence electrons. The molecule has 0 radical (unpaired) electrons. The largest absolute Gasteiger partial charge is 0.497 e. The molecule has 0 atom stereocenters. The number of rotatable bonds is 8. The van der Waals surface area contributed by atoms with E-state index in [1.54, 1.807) is 24.3 Å². The van der Waals surface area contributed by atoms with Gasteiger partial charge in [0.15, 0.2) is 5.76 Å². The maximum absolute atomic E-state index is 13.1. The van der Waals surface area contributed by atoms with E-state index in [2.05, 4.69) is 5.32 Å². The van der Waals surface area contributed by atoms with Gasteiger partial charge in [-0.3, -0.25) is 4.79 Å². The monoisotopic (exact) mass is 545 g/mol. The van der Waals surface area contributed by atoms with Crippen LogP contribution in [0.5, 0.6) is 11.5 Å². The molecule has 0 unspecified atom stereocenters. The predicted octanol–water partition coefficient (Wildman–Crippen LogP) is 6.57. The average Bonchev–Trinajstić information content (AvgIpc) is 3.34. The van der Waals surface area contributed by atoms with Crippen molar-refractivity contribution >= 4 is 44.6 Å². The number of halogens is 2. The standard InChI is InChI=1S/C26H21Cl2NO6S/c1-16-11-19(5-9-24(16)28)34-15-20-6-10-25(35-20)26(30)29-18-12-21(33-2)14-23(13-18)36(31,32)22-7-3-17(27)4-8-22/h3-14H,15H2,1-2H3,(H,29,30). The second-order valence-electron chi connectivity index (χ2n) is 7.77. The summed E-state index contributed by atoms with van der Waals surface area (Å²) in [5, 5.41) is 3.71. The Morgan fingerprint density at radius 3 is 2.36 bits per heavy atom. The number of amides is 1. The van der Waals surface area contributed by atoms with Crippen LogP contribution in [0.1, 0.15) is 21.9 Å². The van der Waals surface area contributed by atoms with Crippen LogP contribution >= 0.6 is 23.2 Å². The fourth-order valence-electron chi connectivity index (χ4n) is 3.30. The van der Waals surface area contributed by atoms with Crippen molar-refractivity contribution in [2.75, 3.05) is 12.4 Å². The Balaban J connectivity index is 1.50. The molecule has 0 aliphatic rings. The molecule has 0 saturated heterocycles. The Kier molecular flexibility index (Phi) is 7.59. The van der Waals surface area contributed by atoms with Crippen LogP contribution in [0, 0.1) is 6.92 Å². The Bertz CT molecular complexity index is 1510. The summed E-state index contributed by atoms with van der Waals surface area (Å²) in [5.74, 6) is 0.777. The number of ether oxygens (including phenoxy) is 2. The van der Waals surface area contributed by atoms with Crippen molar-refractivity contribution in [3.63, 3.8) is 0 Å².